The average Bonchev–Trinajstić information content (AvgIpc) is 2.96. The van der Waals surface area contributed by atoms with Crippen LogP contribution in [-0.2, 0) is 9.59 Å². The molecule has 2 heterocycles. The Kier molecular flexibility index (Phi) is 5.21. The van der Waals surface area contributed by atoms with Crippen LogP contribution in [-0.4, -0.2) is 48.4 Å². The van der Waals surface area contributed by atoms with Gasteiger partial charge in [-0.3, -0.25) is 9.59 Å². The Hall–Kier alpha value is -2.57. The van der Waals surface area contributed by atoms with Crippen LogP contribution in [0.2, 0.25) is 0 Å². The zero-order valence-electron chi connectivity index (χ0n) is 14.2. The number of rotatable bonds is 4. The first kappa shape index (κ1) is 17.3. The molecule has 3 rings (SSSR count). The number of hydrogen-bond donors (Lipinski definition) is 2. The first-order valence-corrected chi connectivity index (χ1v) is 8.72. The number of nitrogens with one attached hydrogen (secondary N) is 1. The van der Waals surface area contributed by atoms with Crippen molar-refractivity contribution in [1.29, 1.82) is 0 Å². The van der Waals surface area contributed by atoms with E-state index in [4.69, 9.17) is 5.73 Å². The number of nitrogens with two attached hydrogens (primary N) is 1. The summed E-state index contributed by atoms with van der Waals surface area (Å²) in [7, 11) is 0. The molecule has 7 heteroatoms. The molecule has 0 spiro atoms. The summed E-state index contributed by atoms with van der Waals surface area (Å²) in [6.45, 7) is 1.73. The minimum absolute atomic E-state index is 0.0247. The molecule has 2 aliphatic rings. The van der Waals surface area contributed by atoms with Crippen LogP contribution in [0.4, 0.5) is 10.5 Å². The van der Waals surface area contributed by atoms with Crippen LogP contribution in [0, 0.1) is 5.92 Å². The molecule has 4 amide bonds. The minimum atomic E-state index is -0.284. The molecule has 25 heavy (non-hydrogen) atoms. The molecule has 2 aliphatic heterocycles. The van der Waals surface area contributed by atoms with Crippen LogP contribution in [0.3, 0.4) is 0 Å². The van der Waals surface area contributed by atoms with Gasteiger partial charge in [-0.2, -0.15) is 0 Å². The maximum atomic E-state index is 12.4. The molecule has 1 aromatic rings. The fraction of sp³-hybridized carbons (Fsp3) is 0.500. The number of benzene rings is 1. The molecule has 0 unspecified atom stereocenters. The van der Waals surface area contributed by atoms with Crippen LogP contribution >= 0.6 is 0 Å². The molecule has 2 saturated heterocycles. The highest BCUT2D eigenvalue weighted by atomic mass is 16.2. The van der Waals surface area contributed by atoms with E-state index in [1.807, 2.05) is 30.3 Å². The molecular weight excluding hydrogens is 320 g/mol. The Morgan fingerprint density at radius 3 is 2.48 bits per heavy atom. The molecular formula is C18H24N4O3. The molecule has 1 atom stereocenters. The van der Waals surface area contributed by atoms with E-state index in [0.29, 0.717) is 32.5 Å². The summed E-state index contributed by atoms with van der Waals surface area (Å²) in [6.07, 6.45) is 2.28. The molecule has 0 aromatic heterocycles. The van der Waals surface area contributed by atoms with Gasteiger partial charge in [0.15, 0.2) is 0 Å². The summed E-state index contributed by atoms with van der Waals surface area (Å²) in [4.78, 5) is 39.1. The van der Waals surface area contributed by atoms with Crippen molar-refractivity contribution < 1.29 is 14.4 Å². The number of hydrogen-bond acceptors (Lipinski definition) is 3. The SMILES string of the molecule is NC(=O)CC1CCN(C(=O)N[C@@H]2CC(=O)N(c3ccccc3)C2)CC1. The predicted molar refractivity (Wildman–Crippen MR) is 93.8 cm³/mol. The number of carbonyl (C=O) groups is 3. The van der Waals surface area contributed by atoms with Gasteiger partial charge in [-0.1, -0.05) is 18.2 Å². The maximum absolute atomic E-state index is 12.4. The third-order valence-electron chi connectivity index (χ3n) is 4.91. The summed E-state index contributed by atoms with van der Waals surface area (Å²) < 4.78 is 0. The second kappa shape index (κ2) is 7.55. The van der Waals surface area contributed by atoms with E-state index in [1.54, 1.807) is 9.80 Å². The fourth-order valence-electron chi connectivity index (χ4n) is 3.55. The summed E-state index contributed by atoms with van der Waals surface area (Å²) >= 11 is 0. The Bertz CT molecular complexity index is 641. The molecule has 0 aliphatic carbocycles. The zero-order chi connectivity index (χ0) is 17.8. The highest BCUT2D eigenvalue weighted by Gasteiger charge is 2.33. The van der Waals surface area contributed by atoms with Gasteiger partial charge in [0, 0.05) is 38.2 Å². The topological polar surface area (TPSA) is 95.7 Å². The van der Waals surface area contributed by atoms with Gasteiger partial charge in [-0.25, -0.2) is 4.79 Å². The van der Waals surface area contributed by atoms with Crippen LogP contribution < -0.4 is 16.0 Å². The second-order valence-corrected chi connectivity index (χ2v) is 6.79. The number of urea groups is 1. The monoisotopic (exact) mass is 344 g/mol. The number of para-hydroxylation sites is 1. The molecule has 0 radical (unpaired) electrons. The quantitative estimate of drug-likeness (QED) is 0.856. The normalized spacial score (nSPS) is 21.4. The van der Waals surface area contributed by atoms with Crippen molar-refractivity contribution in [3.63, 3.8) is 0 Å². The first-order chi connectivity index (χ1) is 12.0. The van der Waals surface area contributed by atoms with Gasteiger partial charge in [0.1, 0.15) is 0 Å². The summed E-state index contributed by atoms with van der Waals surface area (Å²) in [5.74, 6) is 0.00761. The van der Waals surface area contributed by atoms with Crippen molar-refractivity contribution in [3.05, 3.63) is 30.3 Å². The summed E-state index contributed by atoms with van der Waals surface area (Å²) in [5.41, 5.74) is 6.09. The van der Waals surface area contributed by atoms with Gasteiger partial charge in [-0.15, -0.1) is 0 Å². The zero-order valence-corrected chi connectivity index (χ0v) is 14.2. The third kappa shape index (κ3) is 4.29. The van der Waals surface area contributed by atoms with E-state index in [2.05, 4.69) is 5.32 Å². The summed E-state index contributed by atoms with van der Waals surface area (Å²) in [5, 5.41) is 2.97. The van der Waals surface area contributed by atoms with Gasteiger partial charge in [0.2, 0.25) is 11.8 Å². The van der Waals surface area contributed by atoms with Crippen molar-refractivity contribution in [2.75, 3.05) is 24.5 Å². The van der Waals surface area contributed by atoms with E-state index in [1.165, 1.54) is 0 Å². The number of primary amides is 1. The van der Waals surface area contributed by atoms with Gasteiger partial charge in [0.25, 0.3) is 0 Å². The van der Waals surface area contributed by atoms with Crippen LogP contribution in [0.5, 0.6) is 0 Å². The lowest BCUT2D eigenvalue weighted by Gasteiger charge is -2.32. The van der Waals surface area contributed by atoms with Crippen molar-refractivity contribution in [3.8, 4) is 0 Å². The number of anilines is 1. The second-order valence-electron chi connectivity index (χ2n) is 6.79. The molecule has 3 N–H and O–H groups in total. The lowest BCUT2D eigenvalue weighted by molar-refractivity contribution is -0.119. The third-order valence-corrected chi connectivity index (χ3v) is 4.91. The van der Waals surface area contributed by atoms with Crippen LogP contribution in [0.15, 0.2) is 30.3 Å². The Morgan fingerprint density at radius 2 is 1.84 bits per heavy atom. The average molecular weight is 344 g/mol. The lowest BCUT2D eigenvalue weighted by Crippen LogP contribution is -2.48. The Balaban J connectivity index is 1.49. The number of piperidine rings is 1. The van der Waals surface area contributed by atoms with Crippen molar-refractivity contribution >= 4 is 23.5 Å². The Morgan fingerprint density at radius 1 is 1.16 bits per heavy atom. The van der Waals surface area contributed by atoms with Crippen molar-refractivity contribution in [2.45, 2.75) is 31.7 Å². The molecule has 134 valence electrons. The highest BCUT2D eigenvalue weighted by Crippen LogP contribution is 2.22. The predicted octanol–water partition coefficient (Wildman–Crippen LogP) is 1.09. The first-order valence-electron chi connectivity index (χ1n) is 8.72. The van der Waals surface area contributed by atoms with E-state index in [-0.39, 0.29) is 29.8 Å². The molecule has 7 nitrogen and oxygen atoms in total. The van der Waals surface area contributed by atoms with E-state index in [0.717, 1.165) is 18.5 Å². The fourth-order valence-corrected chi connectivity index (χ4v) is 3.55. The van der Waals surface area contributed by atoms with Gasteiger partial charge in [-0.05, 0) is 30.9 Å². The smallest absolute Gasteiger partial charge is 0.317 e. The Labute approximate surface area is 147 Å². The number of nitrogens with zero attached hydrogens (tertiary/aromatic N) is 2. The van der Waals surface area contributed by atoms with Crippen LogP contribution in [0.1, 0.15) is 25.7 Å². The van der Waals surface area contributed by atoms with Crippen molar-refractivity contribution in [2.24, 2.45) is 11.7 Å². The molecule has 1 aromatic carbocycles. The molecule has 2 fully saturated rings. The van der Waals surface area contributed by atoms with E-state index < -0.39 is 0 Å². The van der Waals surface area contributed by atoms with E-state index >= 15 is 0 Å². The number of carbonyl (C=O) groups excluding carboxylic acids is 3. The van der Waals surface area contributed by atoms with Crippen LogP contribution in [0.25, 0.3) is 0 Å². The summed E-state index contributed by atoms with van der Waals surface area (Å²) in [6, 6.07) is 9.17. The highest BCUT2D eigenvalue weighted by molar-refractivity contribution is 5.96. The van der Waals surface area contributed by atoms with Gasteiger partial charge in [0.05, 0.1) is 6.04 Å². The lowest BCUT2D eigenvalue weighted by atomic mass is 9.93. The standard InChI is InChI=1S/C18H24N4O3/c19-16(23)10-13-6-8-21(9-7-13)18(25)20-14-11-17(24)22(12-14)15-4-2-1-3-5-15/h1-5,13-14H,6-12H2,(H2,19,23)(H,20,25)/t14-/m1/s1. The van der Waals surface area contributed by atoms with Gasteiger partial charge < -0.3 is 20.9 Å². The maximum Gasteiger partial charge on any atom is 0.317 e. The van der Waals surface area contributed by atoms with Gasteiger partial charge >= 0.3 is 6.03 Å². The largest absolute Gasteiger partial charge is 0.370 e. The minimum Gasteiger partial charge on any atom is -0.370 e. The number of likely N-dealkylation sites (tertiary alicyclic amines) is 1. The van der Waals surface area contributed by atoms with Crippen molar-refractivity contribution in [1.82, 2.24) is 10.2 Å². The molecule has 0 saturated carbocycles. The van der Waals surface area contributed by atoms with E-state index in [9.17, 15) is 14.4 Å². The molecule has 0 bridgehead atoms. The number of amides is 4.